The minimum absolute atomic E-state index is 0.268. The van der Waals surface area contributed by atoms with Gasteiger partial charge in [0.2, 0.25) is 0 Å². The maximum atomic E-state index is 8.51. The summed E-state index contributed by atoms with van der Waals surface area (Å²) in [7, 11) is 0. The molecule has 1 atom stereocenters. The Kier molecular flexibility index (Phi) is 4.67. The first-order chi connectivity index (χ1) is 3.81. The molecule has 0 fully saturated rings. The van der Waals surface area contributed by atoms with E-state index in [0.717, 1.165) is 6.42 Å². The highest BCUT2D eigenvalue weighted by Crippen LogP contribution is 1.99. The number of aliphatic hydroxyl groups is 1. The van der Waals surface area contributed by atoms with Crippen molar-refractivity contribution in [2.45, 2.75) is 13.3 Å². The lowest BCUT2D eigenvalue weighted by molar-refractivity contribution is 0.239. The van der Waals surface area contributed by atoms with E-state index in [4.69, 9.17) is 5.11 Å². The van der Waals surface area contributed by atoms with E-state index in [9.17, 15) is 0 Å². The van der Waals surface area contributed by atoms with Crippen LogP contribution in [0.15, 0.2) is 12.2 Å². The zero-order chi connectivity index (χ0) is 6.41. The zero-order valence-electron chi connectivity index (χ0n) is 5.30. The summed E-state index contributed by atoms with van der Waals surface area (Å²) in [5, 5.41) is 8.51. The SMILES string of the molecule is [CH2]C=CCC(C)CO. The van der Waals surface area contributed by atoms with Gasteiger partial charge in [0.15, 0.2) is 0 Å². The molecule has 0 aliphatic rings. The van der Waals surface area contributed by atoms with Crippen molar-refractivity contribution in [3.05, 3.63) is 19.1 Å². The smallest absolute Gasteiger partial charge is 0.0459 e. The molecule has 0 aliphatic heterocycles. The summed E-state index contributed by atoms with van der Waals surface area (Å²) in [5.74, 6) is 0.382. The van der Waals surface area contributed by atoms with Gasteiger partial charge in [0.25, 0.3) is 0 Å². The standard InChI is InChI=1S/C7H13O/c1-3-4-5-7(2)6-8/h3-4,7-8H,1,5-6H2,2H3. The molecule has 1 N–H and O–H groups in total. The van der Waals surface area contributed by atoms with E-state index in [1.807, 2.05) is 13.0 Å². The number of rotatable bonds is 3. The van der Waals surface area contributed by atoms with E-state index in [0.29, 0.717) is 5.92 Å². The van der Waals surface area contributed by atoms with Crippen LogP contribution in [-0.4, -0.2) is 11.7 Å². The second kappa shape index (κ2) is 4.85. The molecule has 1 nitrogen and oxygen atoms in total. The van der Waals surface area contributed by atoms with Crippen molar-refractivity contribution in [3.8, 4) is 0 Å². The predicted octanol–water partition coefficient (Wildman–Crippen LogP) is 1.40. The number of hydrogen-bond donors (Lipinski definition) is 1. The Morgan fingerprint density at radius 2 is 2.38 bits per heavy atom. The average Bonchev–Trinajstić information content (AvgIpc) is 1.83. The Balaban J connectivity index is 3.10. The van der Waals surface area contributed by atoms with E-state index in [1.54, 1.807) is 6.08 Å². The largest absolute Gasteiger partial charge is 0.396 e. The first-order valence-corrected chi connectivity index (χ1v) is 2.86. The number of allylic oxidation sites excluding steroid dienone is 2. The Morgan fingerprint density at radius 3 is 2.75 bits per heavy atom. The van der Waals surface area contributed by atoms with Gasteiger partial charge in [0.05, 0.1) is 0 Å². The highest BCUT2D eigenvalue weighted by atomic mass is 16.3. The van der Waals surface area contributed by atoms with Gasteiger partial charge in [-0.15, -0.1) is 0 Å². The van der Waals surface area contributed by atoms with Gasteiger partial charge in [-0.1, -0.05) is 19.1 Å². The van der Waals surface area contributed by atoms with Crippen LogP contribution in [0.5, 0.6) is 0 Å². The predicted molar refractivity (Wildman–Crippen MR) is 35.4 cm³/mol. The minimum atomic E-state index is 0.268. The monoisotopic (exact) mass is 113 g/mol. The molecule has 0 aliphatic carbocycles. The van der Waals surface area contributed by atoms with Crippen molar-refractivity contribution >= 4 is 0 Å². The van der Waals surface area contributed by atoms with Crippen LogP contribution in [0.1, 0.15) is 13.3 Å². The summed E-state index contributed by atoms with van der Waals surface area (Å²) in [5.41, 5.74) is 0. The molecule has 0 heterocycles. The van der Waals surface area contributed by atoms with Crippen LogP contribution < -0.4 is 0 Å². The molecule has 0 spiro atoms. The van der Waals surface area contributed by atoms with Crippen LogP contribution in [0.4, 0.5) is 0 Å². The van der Waals surface area contributed by atoms with Crippen LogP contribution in [0, 0.1) is 12.8 Å². The summed E-state index contributed by atoms with van der Waals surface area (Å²) < 4.78 is 0. The molecule has 47 valence electrons. The lowest BCUT2D eigenvalue weighted by atomic mass is 10.1. The molecule has 0 rings (SSSR count). The Morgan fingerprint density at radius 1 is 1.75 bits per heavy atom. The Hall–Kier alpha value is -0.300. The van der Waals surface area contributed by atoms with Crippen molar-refractivity contribution in [2.75, 3.05) is 6.61 Å². The van der Waals surface area contributed by atoms with E-state index in [-0.39, 0.29) is 6.61 Å². The minimum Gasteiger partial charge on any atom is -0.396 e. The third-order valence-electron chi connectivity index (χ3n) is 1.02. The van der Waals surface area contributed by atoms with Gasteiger partial charge in [-0.25, -0.2) is 0 Å². The van der Waals surface area contributed by atoms with Gasteiger partial charge < -0.3 is 5.11 Å². The van der Waals surface area contributed by atoms with Crippen molar-refractivity contribution in [1.29, 1.82) is 0 Å². The lowest BCUT2D eigenvalue weighted by Gasteiger charge is -2.00. The van der Waals surface area contributed by atoms with Gasteiger partial charge in [0.1, 0.15) is 0 Å². The summed E-state index contributed by atoms with van der Waals surface area (Å²) in [6.45, 7) is 5.80. The van der Waals surface area contributed by atoms with Crippen LogP contribution in [-0.2, 0) is 0 Å². The molecule has 0 aromatic carbocycles. The van der Waals surface area contributed by atoms with Crippen LogP contribution in [0.25, 0.3) is 0 Å². The van der Waals surface area contributed by atoms with Crippen molar-refractivity contribution in [1.82, 2.24) is 0 Å². The quantitative estimate of drug-likeness (QED) is 0.586. The van der Waals surface area contributed by atoms with Crippen LogP contribution in [0.3, 0.4) is 0 Å². The van der Waals surface area contributed by atoms with E-state index in [2.05, 4.69) is 6.92 Å². The molecule has 1 heteroatoms. The first kappa shape index (κ1) is 7.70. The highest BCUT2D eigenvalue weighted by Gasteiger charge is 1.92. The maximum absolute atomic E-state index is 8.51. The van der Waals surface area contributed by atoms with Crippen molar-refractivity contribution in [3.63, 3.8) is 0 Å². The summed E-state index contributed by atoms with van der Waals surface area (Å²) in [4.78, 5) is 0. The third-order valence-corrected chi connectivity index (χ3v) is 1.02. The summed E-state index contributed by atoms with van der Waals surface area (Å²) in [6.07, 6.45) is 4.65. The fourth-order valence-electron chi connectivity index (χ4n) is 0.403. The molecule has 0 saturated carbocycles. The summed E-state index contributed by atoms with van der Waals surface area (Å²) >= 11 is 0. The van der Waals surface area contributed by atoms with E-state index < -0.39 is 0 Å². The van der Waals surface area contributed by atoms with Gasteiger partial charge in [-0.2, -0.15) is 0 Å². The average molecular weight is 113 g/mol. The Labute approximate surface area is 51.0 Å². The highest BCUT2D eigenvalue weighted by molar-refractivity contribution is 4.84. The third kappa shape index (κ3) is 3.88. The molecule has 1 radical (unpaired) electrons. The first-order valence-electron chi connectivity index (χ1n) is 2.86. The molecule has 0 saturated heterocycles. The van der Waals surface area contributed by atoms with Crippen LogP contribution in [0.2, 0.25) is 0 Å². The molecule has 0 bridgehead atoms. The number of hydrogen-bond acceptors (Lipinski definition) is 1. The van der Waals surface area contributed by atoms with E-state index in [1.165, 1.54) is 0 Å². The van der Waals surface area contributed by atoms with Gasteiger partial charge in [-0.3, -0.25) is 0 Å². The van der Waals surface area contributed by atoms with E-state index >= 15 is 0 Å². The molecule has 1 unspecified atom stereocenters. The topological polar surface area (TPSA) is 20.2 Å². The lowest BCUT2D eigenvalue weighted by Crippen LogP contribution is -1.97. The second-order valence-corrected chi connectivity index (χ2v) is 1.99. The molecule has 8 heavy (non-hydrogen) atoms. The van der Waals surface area contributed by atoms with Crippen molar-refractivity contribution < 1.29 is 5.11 Å². The van der Waals surface area contributed by atoms with Crippen LogP contribution >= 0.6 is 0 Å². The van der Waals surface area contributed by atoms with Gasteiger partial charge in [0, 0.05) is 6.61 Å². The fraction of sp³-hybridized carbons (Fsp3) is 0.571. The molecule has 0 aromatic rings. The Bertz CT molecular complexity index is 66.8. The normalized spacial score (nSPS) is 14.9. The maximum Gasteiger partial charge on any atom is 0.0459 e. The van der Waals surface area contributed by atoms with Crippen molar-refractivity contribution in [2.24, 2.45) is 5.92 Å². The number of aliphatic hydroxyl groups excluding tert-OH is 1. The molecule has 0 amide bonds. The molecular weight excluding hydrogens is 100 g/mol. The van der Waals surface area contributed by atoms with Gasteiger partial charge >= 0.3 is 0 Å². The summed E-state index contributed by atoms with van der Waals surface area (Å²) in [6, 6.07) is 0. The fourth-order valence-corrected chi connectivity index (χ4v) is 0.403. The van der Waals surface area contributed by atoms with Gasteiger partial charge in [-0.05, 0) is 19.3 Å². The molecular formula is C7H13O. The molecule has 0 aromatic heterocycles. The zero-order valence-corrected chi connectivity index (χ0v) is 5.30. The second-order valence-electron chi connectivity index (χ2n) is 1.99.